The summed E-state index contributed by atoms with van der Waals surface area (Å²) in [5.74, 6) is 0.494. The summed E-state index contributed by atoms with van der Waals surface area (Å²) < 4.78 is 1.82. The molecule has 1 saturated carbocycles. The van der Waals surface area contributed by atoms with E-state index in [1.807, 2.05) is 11.6 Å². The Kier molecular flexibility index (Phi) is 1.52. The zero-order chi connectivity index (χ0) is 7.84. The number of rotatable bonds is 2. The second-order valence-corrected chi connectivity index (χ2v) is 3.98. The summed E-state index contributed by atoms with van der Waals surface area (Å²) in [7, 11) is 1.89. The normalized spacial score (nSPS) is 17.2. The molecule has 0 amide bonds. The molecule has 0 unspecified atom stereocenters. The Bertz CT molecular complexity index is 266. The van der Waals surface area contributed by atoms with Crippen molar-refractivity contribution in [3.63, 3.8) is 0 Å². The zero-order valence-corrected chi connectivity index (χ0v) is 7.14. The van der Waals surface area contributed by atoms with E-state index in [1.165, 1.54) is 12.8 Å². The van der Waals surface area contributed by atoms with Gasteiger partial charge in [-0.2, -0.15) is 0 Å². The second-order valence-electron chi connectivity index (χ2n) is 2.72. The molecule has 0 aliphatic heterocycles. The third-order valence-electron chi connectivity index (χ3n) is 1.67. The molecule has 2 rings (SSSR count). The third kappa shape index (κ3) is 1.33. The lowest BCUT2D eigenvalue weighted by Gasteiger charge is -1.97. The Morgan fingerprint density at radius 2 is 2.27 bits per heavy atom. The minimum atomic E-state index is 0.494. The smallest absolute Gasteiger partial charge is 0.222 e. The fraction of sp³-hybridized carbons (Fsp3) is 0.667. The molecule has 1 aromatic rings. The van der Waals surface area contributed by atoms with Crippen molar-refractivity contribution >= 4 is 17.7 Å². The van der Waals surface area contributed by atoms with Crippen LogP contribution in [0.25, 0.3) is 0 Å². The number of hydrogen-bond donors (Lipinski definition) is 1. The van der Waals surface area contributed by atoms with Crippen LogP contribution in [0, 0.1) is 0 Å². The molecule has 0 radical (unpaired) electrons. The monoisotopic (exact) mass is 170 g/mol. The number of aromatic nitrogens is 3. The molecule has 11 heavy (non-hydrogen) atoms. The molecule has 1 heterocycles. The summed E-state index contributed by atoms with van der Waals surface area (Å²) in [4.78, 5) is 0. The molecule has 0 saturated heterocycles. The second kappa shape index (κ2) is 2.41. The number of hydrogen-bond acceptors (Lipinski definition) is 4. The van der Waals surface area contributed by atoms with Gasteiger partial charge in [0.05, 0.1) is 0 Å². The number of nitrogen functional groups attached to an aromatic ring is 1. The zero-order valence-electron chi connectivity index (χ0n) is 6.32. The van der Waals surface area contributed by atoms with Gasteiger partial charge >= 0.3 is 0 Å². The first-order valence-corrected chi connectivity index (χ1v) is 4.47. The van der Waals surface area contributed by atoms with Gasteiger partial charge in [0.2, 0.25) is 5.95 Å². The van der Waals surface area contributed by atoms with Crippen LogP contribution in [0.3, 0.4) is 0 Å². The standard InChI is InChI=1S/C6H10N4S/c1-10-5(7)8-9-6(10)11-4-2-3-4/h4H,2-3H2,1H3,(H2,7,8). The molecule has 0 spiro atoms. The summed E-state index contributed by atoms with van der Waals surface area (Å²) in [6, 6.07) is 0. The SMILES string of the molecule is Cn1c(N)nnc1SC1CC1. The van der Waals surface area contributed by atoms with Crippen molar-refractivity contribution in [2.45, 2.75) is 23.2 Å². The van der Waals surface area contributed by atoms with E-state index in [-0.39, 0.29) is 0 Å². The Morgan fingerprint density at radius 1 is 1.55 bits per heavy atom. The highest BCUT2D eigenvalue weighted by Crippen LogP contribution is 2.38. The highest BCUT2D eigenvalue weighted by atomic mass is 32.2. The van der Waals surface area contributed by atoms with Gasteiger partial charge in [0, 0.05) is 12.3 Å². The molecule has 1 aromatic heterocycles. The Hall–Kier alpha value is -0.710. The van der Waals surface area contributed by atoms with Gasteiger partial charge in [0.25, 0.3) is 0 Å². The highest BCUT2D eigenvalue weighted by molar-refractivity contribution is 8.00. The molecule has 0 atom stereocenters. The minimum absolute atomic E-state index is 0.494. The lowest BCUT2D eigenvalue weighted by atomic mass is 11.0. The number of thioether (sulfide) groups is 1. The van der Waals surface area contributed by atoms with Gasteiger partial charge < -0.3 is 5.73 Å². The van der Waals surface area contributed by atoms with Crippen molar-refractivity contribution in [2.24, 2.45) is 7.05 Å². The van der Waals surface area contributed by atoms with Crippen LogP contribution < -0.4 is 5.73 Å². The summed E-state index contributed by atoms with van der Waals surface area (Å²) in [5.41, 5.74) is 5.51. The first kappa shape index (κ1) is 6.97. The third-order valence-corrected chi connectivity index (χ3v) is 3.04. The van der Waals surface area contributed by atoms with Gasteiger partial charge in [-0.1, -0.05) is 11.8 Å². The fourth-order valence-electron chi connectivity index (χ4n) is 0.764. The van der Waals surface area contributed by atoms with Gasteiger partial charge in [-0.15, -0.1) is 10.2 Å². The molecule has 1 fully saturated rings. The quantitative estimate of drug-likeness (QED) is 0.708. The maximum absolute atomic E-state index is 5.51. The highest BCUT2D eigenvalue weighted by Gasteiger charge is 2.24. The maximum atomic E-state index is 5.51. The van der Waals surface area contributed by atoms with Crippen LogP contribution in [0.4, 0.5) is 5.95 Å². The molecule has 0 bridgehead atoms. The number of nitrogens with two attached hydrogens (primary N) is 1. The van der Waals surface area contributed by atoms with Crippen molar-refractivity contribution in [1.82, 2.24) is 14.8 Å². The van der Waals surface area contributed by atoms with E-state index in [9.17, 15) is 0 Å². The van der Waals surface area contributed by atoms with Gasteiger partial charge in [-0.3, -0.25) is 4.57 Å². The van der Waals surface area contributed by atoms with Crippen LogP contribution in [0.15, 0.2) is 5.16 Å². The van der Waals surface area contributed by atoms with Crippen LogP contribution in [-0.2, 0) is 7.05 Å². The summed E-state index contributed by atoms with van der Waals surface area (Å²) in [6.07, 6.45) is 2.61. The van der Waals surface area contributed by atoms with Gasteiger partial charge in [-0.05, 0) is 12.8 Å². The largest absolute Gasteiger partial charge is 0.368 e. The van der Waals surface area contributed by atoms with E-state index in [0.717, 1.165) is 10.4 Å². The van der Waals surface area contributed by atoms with E-state index in [0.29, 0.717) is 5.95 Å². The summed E-state index contributed by atoms with van der Waals surface area (Å²) >= 11 is 1.77. The molecule has 1 aliphatic carbocycles. The first-order valence-electron chi connectivity index (χ1n) is 3.59. The van der Waals surface area contributed by atoms with Crippen LogP contribution in [-0.4, -0.2) is 20.0 Å². The minimum Gasteiger partial charge on any atom is -0.368 e. The number of nitrogens with zero attached hydrogens (tertiary/aromatic N) is 3. The van der Waals surface area contributed by atoms with Crippen LogP contribution >= 0.6 is 11.8 Å². The van der Waals surface area contributed by atoms with Crippen LogP contribution in [0.2, 0.25) is 0 Å². The van der Waals surface area contributed by atoms with Gasteiger partial charge in [-0.25, -0.2) is 0 Å². The molecule has 2 N–H and O–H groups in total. The van der Waals surface area contributed by atoms with Crippen molar-refractivity contribution in [1.29, 1.82) is 0 Å². The summed E-state index contributed by atoms with van der Waals surface area (Å²) in [5, 5.41) is 9.41. The van der Waals surface area contributed by atoms with Crippen molar-refractivity contribution in [3.05, 3.63) is 0 Å². The van der Waals surface area contributed by atoms with Gasteiger partial charge in [0.15, 0.2) is 5.16 Å². The predicted molar refractivity (Wildman–Crippen MR) is 44.3 cm³/mol. The number of anilines is 1. The molecule has 0 aromatic carbocycles. The van der Waals surface area contributed by atoms with E-state index in [2.05, 4.69) is 10.2 Å². The van der Waals surface area contributed by atoms with Crippen LogP contribution in [0.5, 0.6) is 0 Å². The molecule has 5 heteroatoms. The lowest BCUT2D eigenvalue weighted by molar-refractivity contribution is 0.795. The molecule has 60 valence electrons. The Balaban J connectivity index is 2.15. The first-order chi connectivity index (χ1) is 5.27. The average molecular weight is 170 g/mol. The maximum Gasteiger partial charge on any atom is 0.222 e. The topological polar surface area (TPSA) is 56.7 Å². The average Bonchev–Trinajstić information content (AvgIpc) is 2.74. The van der Waals surface area contributed by atoms with Crippen molar-refractivity contribution in [3.8, 4) is 0 Å². The van der Waals surface area contributed by atoms with E-state index in [4.69, 9.17) is 5.73 Å². The molecule has 4 nitrogen and oxygen atoms in total. The summed E-state index contributed by atoms with van der Waals surface area (Å²) in [6.45, 7) is 0. The van der Waals surface area contributed by atoms with E-state index < -0.39 is 0 Å². The fourth-order valence-corrected chi connectivity index (χ4v) is 1.77. The molecular formula is C6H10N4S. The van der Waals surface area contributed by atoms with E-state index in [1.54, 1.807) is 11.8 Å². The molecular weight excluding hydrogens is 160 g/mol. The Labute approximate surface area is 69.2 Å². The van der Waals surface area contributed by atoms with Gasteiger partial charge in [0.1, 0.15) is 0 Å². The Morgan fingerprint density at radius 3 is 2.73 bits per heavy atom. The van der Waals surface area contributed by atoms with E-state index >= 15 is 0 Å². The van der Waals surface area contributed by atoms with Crippen molar-refractivity contribution in [2.75, 3.05) is 5.73 Å². The molecule has 1 aliphatic rings. The van der Waals surface area contributed by atoms with Crippen LogP contribution in [0.1, 0.15) is 12.8 Å². The predicted octanol–water partition coefficient (Wildman–Crippen LogP) is 0.652. The van der Waals surface area contributed by atoms with Crippen molar-refractivity contribution < 1.29 is 0 Å². The lowest BCUT2D eigenvalue weighted by Crippen LogP contribution is -1.98.